The third-order valence-electron chi connectivity index (χ3n) is 8.65. The van der Waals surface area contributed by atoms with E-state index in [4.69, 9.17) is 14.2 Å². The third-order valence-corrected chi connectivity index (χ3v) is 9.68. The molecule has 2 amide bonds. The van der Waals surface area contributed by atoms with Gasteiger partial charge in [-0.3, -0.25) is 4.79 Å². The van der Waals surface area contributed by atoms with Gasteiger partial charge in [0.15, 0.2) is 6.29 Å². The second-order valence-electron chi connectivity index (χ2n) is 13.0. The highest BCUT2D eigenvalue weighted by atomic mass is 32.1. The van der Waals surface area contributed by atoms with E-state index >= 15 is 0 Å². The lowest BCUT2D eigenvalue weighted by Gasteiger charge is -2.40. The first-order valence-corrected chi connectivity index (χ1v) is 15.7. The summed E-state index contributed by atoms with van der Waals surface area (Å²) in [5.41, 5.74) is 0.195. The third kappa shape index (κ3) is 6.90. The Hall–Kier alpha value is -2.61. The van der Waals surface area contributed by atoms with Gasteiger partial charge in [0.05, 0.1) is 29.7 Å². The van der Waals surface area contributed by atoms with Gasteiger partial charge in [-0.05, 0) is 77.7 Å². The molecule has 41 heavy (non-hydrogen) atoms. The van der Waals surface area contributed by atoms with Gasteiger partial charge in [0.2, 0.25) is 5.91 Å². The monoisotopic (exact) mass is 586 g/mol. The van der Waals surface area contributed by atoms with Gasteiger partial charge in [-0.2, -0.15) is 0 Å². The molecule has 0 radical (unpaired) electrons. The number of amides is 2. The molecule has 10 heteroatoms. The summed E-state index contributed by atoms with van der Waals surface area (Å²) in [5, 5.41) is 10.1. The molecule has 1 N–H and O–H groups in total. The van der Waals surface area contributed by atoms with Crippen LogP contribution in [0.4, 0.5) is 10.5 Å². The fourth-order valence-electron chi connectivity index (χ4n) is 6.28. The quantitative estimate of drug-likeness (QED) is 0.463. The van der Waals surface area contributed by atoms with Crippen molar-refractivity contribution in [1.29, 1.82) is 0 Å². The van der Waals surface area contributed by atoms with Crippen LogP contribution in [-0.4, -0.2) is 72.7 Å². The van der Waals surface area contributed by atoms with Crippen molar-refractivity contribution in [3.63, 3.8) is 0 Å². The molecule has 0 bridgehead atoms. The fourth-order valence-corrected chi connectivity index (χ4v) is 7.12. The molecular weight excluding hydrogens is 544 g/mol. The van der Waals surface area contributed by atoms with E-state index in [1.165, 1.54) is 0 Å². The van der Waals surface area contributed by atoms with Crippen molar-refractivity contribution < 1.29 is 33.7 Å². The van der Waals surface area contributed by atoms with E-state index in [1.807, 2.05) is 20.8 Å². The Morgan fingerprint density at radius 3 is 2.44 bits per heavy atom. The molecule has 3 aliphatic heterocycles. The molecule has 5 rings (SSSR count). The molecular formula is C31H42N2O7S. The molecule has 1 saturated carbocycles. The number of carboxylic acids is 1. The minimum atomic E-state index is -1.06. The Morgan fingerprint density at radius 1 is 1.07 bits per heavy atom. The van der Waals surface area contributed by atoms with E-state index in [0.29, 0.717) is 55.6 Å². The standard InChI is InChI=1S/C31H42N2O7S/c1-19-5-7-20(8-6-19)27(34)33(24-17-22(9-13-31(2,3)4)41-26(24)28(35)36)21-10-14-32(15-11-21)30(37)40-25-18-39-29-23(25)12-16-38-29/h17,19-21,23,25,29H,5-8,10-12,14-16,18H2,1-4H3,(H,35,36)/t19?,20?,23-,25-,29+/m0/s1. The molecule has 0 unspecified atom stereocenters. The normalized spacial score (nSPS) is 28.5. The van der Waals surface area contributed by atoms with E-state index in [0.717, 1.165) is 43.4 Å². The summed E-state index contributed by atoms with van der Waals surface area (Å²) in [4.78, 5) is 43.8. The first kappa shape index (κ1) is 29.9. The molecule has 4 aliphatic rings. The fraction of sp³-hybridized carbons (Fsp3) is 0.710. The van der Waals surface area contributed by atoms with E-state index in [-0.39, 0.29) is 52.6 Å². The molecule has 224 valence electrons. The molecule has 3 atom stereocenters. The second kappa shape index (κ2) is 12.3. The van der Waals surface area contributed by atoms with Crippen molar-refractivity contribution >= 4 is 35.0 Å². The van der Waals surface area contributed by atoms with Crippen LogP contribution < -0.4 is 4.90 Å². The number of carboxylic acid groups (broad SMARTS) is 1. The van der Waals surface area contributed by atoms with Crippen LogP contribution in [0.1, 0.15) is 87.2 Å². The van der Waals surface area contributed by atoms with Gasteiger partial charge in [0, 0.05) is 30.5 Å². The minimum Gasteiger partial charge on any atom is -0.477 e. The lowest BCUT2D eigenvalue weighted by Crippen LogP contribution is -2.51. The van der Waals surface area contributed by atoms with E-state index in [9.17, 15) is 19.5 Å². The number of carbonyl (C=O) groups is 3. The minimum absolute atomic E-state index is 0.0102. The van der Waals surface area contributed by atoms with Gasteiger partial charge in [-0.15, -0.1) is 11.3 Å². The predicted octanol–water partition coefficient (Wildman–Crippen LogP) is 5.37. The Labute approximate surface area is 246 Å². The number of ether oxygens (including phenoxy) is 3. The van der Waals surface area contributed by atoms with Crippen molar-refractivity contribution in [3.05, 3.63) is 15.8 Å². The van der Waals surface area contributed by atoms with Crippen molar-refractivity contribution in [2.24, 2.45) is 23.2 Å². The molecule has 0 aromatic carbocycles. The van der Waals surface area contributed by atoms with E-state index in [2.05, 4.69) is 18.8 Å². The Bertz CT molecular complexity index is 1200. The number of likely N-dealkylation sites (tertiary alicyclic amines) is 1. The van der Waals surface area contributed by atoms with Crippen LogP contribution in [-0.2, 0) is 19.0 Å². The molecule has 1 aromatic heterocycles. The summed E-state index contributed by atoms with van der Waals surface area (Å²) < 4.78 is 17.0. The molecule has 1 aliphatic carbocycles. The molecule has 4 heterocycles. The maximum Gasteiger partial charge on any atom is 0.410 e. The summed E-state index contributed by atoms with van der Waals surface area (Å²) in [6, 6.07) is 1.56. The predicted molar refractivity (Wildman–Crippen MR) is 155 cm³/mol. The van der Waals surface area contributed by atoms with Crippen LogP contribution in [0.5, 0.6) is 0 Å². The maximum absolute atomic E-state index is 14.1. The van der Waals surface area contributed by atoms with Gasteiger partial charge in [0.25, 0.3) is 0 Å². The number of piperidine rings is 1. The van der Waals surface area contributed by atoms with Gasteiger partial charge in [-0.25, -0.2) is 9.59 Å². The average Bonchev–Trinajstić information content (AvgIpc) is 3.66. The number of hydrogen-bond acceptors (Lipinski definition) is 7. The highest BCUT2D eigenvalue weighted by Crippen LogP contribution is 2.38. The summed E-state index contributed by atoms with van der Waals surface area (Å²) in [5.74, 6) is 5.78. The number of rotatable bonds is 5. The van der Waals surface area contributed by atoms with E-state index in [1.54, 1.807) is 15.9 Å². The Balaban J connectivity index is 1.34. The van der Waals surface area contributed by atoms with Crippen LogP contribution in [0.25, 0.3) is 0 Å². The highest BCUT2D eigenvalue weighted by molar-refractivity contribution is 7.15. The summed E-state index contributed by atoms with van der Waals surface area (Å²) in [6.45, 7) is 10.0. The zero-order valence-electron chi connectivity index (χ0n) is 24.5. The highest BCUT2D eigenvalue weighted by Gasteiger charge is 2.45. The Kier molecular flexibility index (Phi) is 8.98. The lowest BCUT2D eigenvalue weighted by molar-refractivity contribution is -0.124. The van der Waals surface area contributed by atoms with Gasteiger partial charge < -0.3 is 29.1 Å². The van der Waals surface area contributed by atoms with Crippen molar-refractivity contribution in [3.8, 4) is 11.8 Å². The number of hydrogen-bond donors (Lipinski definition) is 1. The lowest BCUT2D eigenvalue weighted by atomic mass is 9.82. The van der Waals surface area contributed by atoms with Crippen molar-refractivity contribution in [2.75, 3.05) is 31.2 Å². The number of thiophene rings is 1. The first-order valence-electron chi connectivity index (χ1n) is 14.9. The van der Waals surface area contributed by atoms with Gasteiger partial charge >= 0.3 is 12.1 Å². The summed E-state index contributed by atoms with van der Waals surface area (Å²) in [7, 11) is 0. The summed E-state index contributed by atoms with van der Waals surface area (Å²) >= 11 is 1.12. The van der Waals surface area contributed by atoms with E-state index < -0.39 is 5.97 Å². The Morgan fingerprint density at radius 2 is 1.78 bits per heavy atom. The zero-order valence-corrected chi connectivity index (χ0v) is 25.3. The average molecular weight is 587 g/mol. The van der Waals surface area contributed by atoms with Crippen molar-refractivity contribution in [2.45, 2.75) is 91.1 Å². The summed E-state index contributed by atoms with van der Waals surface area (Å²) in [6.07, 6.45) is 4.52. The number of anilines is 1. The molecule has 3 saturated heterocycles. The number of aromatic carboxylic acids is 1. The van der Waals surface area contributed by atoms with Crippen molar-refractivity contribution in [1.82, 2.24) is 4.90 Å². The largest absolute Gasteiger partial charge is 0.477 e. The van der Waals surface area contributed by atoms with Gasteiger partial charge in [0.1, 0.15) is 11.0 Å². The number of fused-ring (bicyclic) bond motifs is 1. The van der Waals surface area contributed by atoms with Crippen LogP contribution in [0.15, 0.2) is 6.07 Å². The van der Waals surface area contributed by atoms with Crippen LogP contribution in [0.3, 0.4) is 0 Å². The van der Waals surface area contributed by atoms with Crippen LogP contribution in [0, 0.1) is 35.0 Å². The number of nitrogens with zero attached hydrogens (tertiary/aromatic N) is 2. The van der Waals surface area contributed by atoms with Crippen LogP contribution >= 0.6 is 11.3 Å². The zero-order chi connectivity index (χ0) is 29.3. The second-order valence-corrected chi connectivity index (χ2v) is 14.0. The molecule has 9 nitrogen and oxygen atoms in total. The SMILES string of the molecule is CC1CCC(C(=O)N(c2cc(C#CC(C)(C)C)sc2C(=O)O)C2CCN(C(=O)O[C@H]3CO[C@H]4OCC[C@H]43)CC2)CC1. The smallest absolute Gasteiger partial charge is 0.410 e. The topological polar surface area (TPSA) is 106 Å². The molecule has 0 spiro atoms. The molecule has 4 fully saturated rings. The maximum atomic E-state index is 14.1. The molecule has 1 aromatic rings. The number of carbonyl (C=O) groups excluding carboxylic acids is 2. The van der Waals surface area contributed by atoms with Crippen LogP contribution in [0.2, 0.25) is 0 Å². The first-order chi connectivity index (χ1) is 19.5. The van der Waals surface area contributed by atoms with Gasteiger partial charge in [-0.1, -0.05) is 18.8 Å².